The molecule has 20 heavy (non-hydrogen) atoms. The van der Waals surface area contributed by atoms with Crippen molar-refractivity contribution in [3.63, 3.8) is 0 Å². The molecule has 2 aromatic carbocycles. The van der Waals surface area contributed by atoms with Crippen LogP contribution in [0.2, 0.25) is 5.02 Å². The number of nitrogens with one attached hydrogen (secondary N) is 1. The Balaban J connectivity index is 2.33. The van der Waals surface area contributed by atoms with Gasteiger partial charge in [-0.1, -0.05) is 23.7 Å². The second-order valence-electron chi connectivity index (χ2n) is 4.47. The van der Waals surface area contributed by atoms with Crippen molar-refractivity contribution in [3.05, 3.63) is 61.0 Å². The van der Waals surface area contributed by atoms with Gasteiger partial charge in [-0.2, -0.15) is 0 Å². The largest absolute Gasteiger partial charge is 0.321 e. The summed E-state index contributed by atoms with van der Waals surface area (Å²) < 4.78 is 1.60. The quantitative estimate of drug-likeness (QED) is 0.664. The Hall–Kier alpha value is -0.840. The molecule has 1 N–H and O–H groups in total. The van der Waals surface area contributed by atoms with Gasteiger partial charge >= 0.3 is 0 Å². The van der Waals surface area contributed by atoms with Gasteiger partial charge in [-0.25, -0.2) is 0 Å². The van der Waals surface area contributed by atoms with E-state index in [4.69, 9.17) is 11.6 Å². The van der Waals surface area contributed by atoms with E-state index in [0.29, 0.717) is 16.3 Å². The third kappa shape index (κ3) is 3.25. The lowest BCUT2D eigenvalue weighted by atomic mass is 10.1. The van der Waals surface area contributed by atoms with Crippen LogP contribution < -0.4 is 5.32 Å². The summed E-state index contributed by atoms with van der Waals surface area (Å²) in [6.45, 7) is 3.86. The van der Waals surface area contributed by atoms with Crippen molar-refractivity contribution in [2.24, 2.45) is 0 Å². The lowest BCUT2D eigenvalue weighted by Gasteiger charge is -2.11. The molecule has 2 nitrogen and oxygen atoms in total. The highest BCUT2D eigenvalue weighted by Crippen LogP contribution is 2.30. The predicted molar refractivity (Wildman–Crippen MR) is 90.7 cm³/mol. The molecule has 0 radical (unpaired) electrons. The molecule has 0 bridgehead atoms. The number of hydrogen-bond donors (Lipinski definition) is 1. The number of anilines is 1. The van der Waals surface area contributed by atoms with Gasteiger partial charge in [0.2, 0.25) is 0 Å². The zero-order chi connectivity index (χ0) is 14.9. The summed E-state index contributed by atoms with van der Waals surface area (Å²) in [6, 6.07) is 9.19. The van der Waals surface area contributed by atoms with Crippen LogP contribution in [0, 0.1) is 13.8 Å². The van der Waals surface area contributed by atoms with Crippen LogP contribution >= 0.6 is 43.5 Å². The van der Waals surface area contributed by atoms with Gasteiger partial charge < -0.3 is 5.32 Å². The van der Waals surface area contributed by atoms with E-state index in [2.05, 4.69) is 37.2 Å². The fraction of sp³-hybridized carbons (Fsp3) is 0.133. The Morgan fingerprint density at radius 3 is 2.55 bits per heavy atom. The van der Waals surface area contributed by atoms with Crippen LogP contribution in [-0.2, 0) is 0 Å². The van der Waals surface area contributed by atoms with Gasteiger partial charge in [-0.05, 0) is 75.0 Å². The van der Waals surface area contributed by atoms with E-state index in [9.17, 15) is 4.79 Å². The molecule has 0 aliphatic heterocycles. The lowest BCUT2D eigenvalue weighted by Crippen LogP contribution is -2.13. The zero-order valence-electron chi connectivity index (χ0n) is 10.9. The molecule has 0 spiro atoms. The lowest BCUT2D eigenvalue weighted by molar-refractivity contribution is 0.102. The molecule has 0 unspecified atom stereocenters. The third-order valence-electron chi connectivity index (χ3n) is 2.93. The number of hydrogen-bond acceptors (Lipinski definition) is 1. The first-order valence-electron chi connectivity index (χ1n) is 5.92. The highest BCUT2D eigenvalue weighted by atomic mass is 79.9. The second-order valence-corrected chi connectivity index (χ2v) is 6.53. The average Bonchev–Trinajstić information content (AvgIpc) is 2.39. The Bertz CT molecular complexity index is 686. The Kier molecular flexibility index (Phi) is 4.89. The number of halogens is 3. The molecule has 0 heterocycles. The fourth-order valence-corrected chi connectivity index (χ4v) is 2.92. The maximum absolute atomic E-state index is 12.3. The van der Waals surface area contributed by atoms with Gasteiger partial charge in [-0.15, -0.1) is 0 Å². The zero-order valence-corrected chi connectivity index (χ0v) is 14.9. The Morgan fingerprint density at radius 2 is 1.85 bits per heavy atom. The van der Waals surface area contributed by atoms with Gasteiger partial charge in [0.15, 0.2) is 0 Å². The molecule has 0 aliphatic rings. The maximum atomic E-state index is 12.3. The molecule has 2 aromatic rings. The summed E-state index contributed by atoms with van der Waals surface area (Å²) in [5.41, 5.74) is 3.21. The predicted octanol–water partition coefficient (Wildman–Crippen LogP) is 5.73. The van der Waals surface area contributed by atoms with Crippen LogP contribution in [0.25, 0.3) is 0 Å². The van der Waals surface area contributed by atoms with Gasteiger partial charge in [0.25, 0.3) is 5.91 Å². The van der Waals surface area contributed by atoms with Crippen molar-refractivity contribution >= 4 is 55.1 Å². The molecular weight excluding hydrogens is 405 g/mol. The first-order valence-corrected chi connectivity index (χ1v) is 7.88. The van der Waals surface area contributed by atoms with Crippen LogP contribution in [0.3, 0.4) is 0 Å². The average molecular weight is 418 g/mol. The fourth-order valence-electron chi connectivity index (χ4n) is 1.75. The SMILES string of the molecule is Cc1cc(Br)c(NC(=O)c2cccc(C)c2Br)cc1Cl. The van der Waals surface area contributed by atoms with Gasteiger partial charge in [-0.3, -0.25) is 4.79 Å². The molecule has 2 rings (SSSR count). The van der Waals surface area contributed by atoms with E-state index in [1.165, 1.54) is 0 Å². The number of benzene rings is 2. The summed E-state index contributed by atoms with van der Waals surface area (Å²) in [7, 11) is 0. The van der Waals surface area contributed by atoms with Crippen molar-refractivity contribution in [3.8, 4) is 0 Å². The number of amides is 1. The topological polar surface area (TPSA) is 29.1 Å². The van der Waals surface area contributed by atoms with E-state index >= 15 is 0 Å². The van der Waals surface area contributed by atoms with E-state index in [0.717, 1.165) is 20.1 Å². The van der Waals surface area contributed by atoms with Crippen molar-refractivity contribution in [1.82, 2.24) is 0 Å². The van der Waals surface area contributed by atoms with E-state index in [1.54, 1.807) is 12.1 Å². The molecule has 0 aromatic heterocycles. The Labute approximate surface area is 139 Å². The molecule has 0 saturated carbocycles. The smallest absolute Gasteiger partial charge is 0.256 e. The molecule has 0 atom stereocenters. The van der Waals surface area contributed by atoms with Crippen molar-refractivity contribution in [2.75, 3.05) is 5.32 Å². The number of carbonyl (C=O) groups excluding carboxylic acids is 1. The molecule has 0 fully saturated rings. The molecule has 0 saturated heterocycles. The monoisotopic (exact) mass is 415 g/mol. The molecular formula is C15H12Br2ClNO. The minimum atomic E-state index is -0.179. The van der Waals surface area contributed by atoms with Crippen LogP contribution in [0.4, 0.5) is 5.69 Å². The highest BCUT2D eigenvalue weighted by Gasteiger charge is 2.13. The third-order valence-corrected chi connectivity index (χ3v) is 5.05. The minimum absolute atomic E-state index is 0.179. The first kappa shape index (κ1) is 15.5. The Morgan fingerprint density at radius 1 is 1.15 bits per heavy atom. The van der Waals surface area contributed by atoms with Crippen LogP contribution in [0.5, 0.6) is 0 Å². The van der Waals surface area contributed by atoms with E-state index in [-0.39, 0.29) is 5.91 Å². The van der Waals surface area contributed by atoms with Crippen LogP contribution in [0.1, 0.15) is 21.5 Å². The molecule has 104 valence electrons. The van der Waals surface area contributed by atoms with Crippen molar-refractivity contribution in [1.29, 1.82) is 0 Å². The van der Waals surface area contributed by atoms with Crippen molar-refractivity contribution < 1.29 is 4.79 Å². The van der Waals surface area contributed by atoms with E-state index < -0.39 is 0 Å². The van der Waals surface area contributed by atoms with Crippen LogP contribution in [-0.4, -0.2) is 5.91 Å². The number of aryl methyl sites for hydroxylation is 2. The van der Waals surface area contributed by atoms with Gasteiger partial charge in [0.1, 0.15) is 0 Å². The maximum Gasteiger partial charge on any atom is 0.256 e. The standard InChI is InChI=1S/C15H12Br2ClNO/c1-8-4-3-5-10(14(8)17)15(20)19-13-7-12(18)9(2)6-11(13)16/h3-7H,1-2H3,(H,19,20). The van der Waals surface area contributed by atoms with Crippen molar-refractivity contribution in [2.45, 2.75) is 13.8 Å². The minimum Gasteiger partial charge on any atom is -0.321 e. The number of carbonyl (C=O) groups is 1. The summed E-state index contributed by atoms with van der Waals surface area (Å²) in [5.74, 6) is -0.179. The normalized spacial score (nSPS) is 10.4. The molecule has 1 amide bonds. The first-order chi connectivity index (χ1) is 9.40. The van der Waals surface area contributed by atoms with Crippen LogP contribution in [0.15, 0.2) is 39.3 Å². The second kappa shape index (κ2) is 6.29. The van der Waals surface area contributed by atoms with E-state index in [1.807, 2.05) is 32.0 Å². The summed E-state index contributed by atoms with van der Waals surface area (Å²) in [5, 5.41) is 3.48. The molecule has 0 aliphatic carbocycles. The number of rotatable bonds is 2. The van der Waals surface area contributed by atoms with Gasteiger partial charge in [0.05, 0.1) is 11.3 Å². The molecule has 5 heteroatoms. The van der Waals surface area contributed by atoms with Gasteiger partial charge in [0, 0.05) is 14.0 Å². The summed E-state index contributed by atoms with van der Waals surface area (Å²) >= 11 is 13.0. The summed E-state index contributed by atoms with van der Waals surface area (Å²) in [4.78, 5) is 12.3. The summed E-state index contributed by atoms with van der Waals surface area (Å²) in [6.07, 6.45) is 0. The highest BCUT2D eigenvalue weighted by molar-refractivity contribution is 9.11.